The predicted octanol–water partition coefficient (Wildman–Crippen LogP) is 4.78. The van der Waals surface area contributed by atoms with Gasteiger partial charge in [0.05, 0.1) is 12.5 Å². The number of methoxy groups -OCH3 is 1. The average molecular weight is 275 g/mol. The third kappa shape index (κ3) is 3.74. The topological polar surface area (TPSA) is 9.23 Å². The van der Waals surface area contributed by atoms with E-state index in [2.05, 4.69) is 43.3 Å². The summed E-state index contributed by atoms with van der Waals surface area (Å²) in [5, 5.41) is 0.0132. The first-order valence-corrected chi connectivity index (χ1v) is 7.02. The van der Waals surface area contributed by atoms with Gasteiger partial charge in [-0.2, -0.15) is 0 Å². The molecule has 0 aliphatic heterocycles. The van der Waals surface area contributed by atoms with E-state index >= 15 is 0 Å². The van der Waals surface area contributed by atoms with Crippen molar-refractivity contribution in [1.82, 2.24) is 0 Å². The van der Waals surface area contributed by atoms with E-state index in [0.717, 1.165) is 18.6 Å². The standard InChI is InChI=1S/C17H19ClO/c1-3-13-4-8-15(9-5-13)17(18)12-14-6-10-16(19-2)11-7-14/h4-11,17H,3,12H2,1-2H3. The molecule has 0 aliphatic rings. The normalized spacial score (nSPS) is 12.2. The van der Waals surface area contributed by atoms with Crippen molar-refractivity contribution in [3.05, 3.63) is 65.2 Å². The summed E-state index contributed by atoms with van der Waals surface area (Å²) in [5.74, 6) is 0.877. The Balaban J connectivity index is 2.04. The van der Waals surface area contributed by atoms with E-state index in [1.807, 2.05) is 12.1 Å². The van der Waals surface area contributed by atoms with Crippen molar-refractivity contribution in [1.29, 1.82) is 0 Å². The van der Waals surface area contributed by atoms with Gasteiger partial charge in [-0.05, 0) is 41.7 Å². The second-order valence-corrected chi connectivity index (χ2v) is 5.14. The zero-order chi connectivity index (χ0) is 13.7. The molecule has 0 N–H and O–H groups in total. The van der Waals surface area contributed by atoms with Crippen LogP contribution in [-0.2, 0) is 12.8 Å². The summed E-state index contributed by atoms with van der Waals surface area (Å²) >= 11 is 6.48. The van der Waals surface area contributed by atoms with Gasteiger partial charge in [0.25, 0.3) is 0 Å². The van der Waals surface area contributed by atoms with Gasteiger partial charge in [-0.25, -0.2) is 0 Å². The molecule has 0 aromatic heterocycles. The van der Waals surface area contributed by atoms with E-state index in [-0.39, 0.29) is 5.38 Å². The maximum absolute atomic E-state index is 6.48. The molecule has 0 amide bonds. The van der Waals surface area contributed by atoms with Crippen molar-refractivity contribution in [2.75, 3.05) is 7.11 Å². The van der Waals surface area contributed by atoms with Crippen LogP contribution < -0.4 is 4.74 Å². The molecule has 0 heterocycles. The van der Waals surface area contributed by atoms with Crippen molar-refractivity contribution in [3.8, 4) is 5.75 Å². The number of rotatable bonds is 5. The maximum atomic E-state index is 6.48. The van der Waals surface area contributed by atoms with Gasteiger partial charge in [-0.15, -0.1) is 11.6 Å². The fourth-order valence-electron chi connectivity index (χ4n) is 2.05. The third-order valence-electron chi connectivity index (χ3n) is 3.32. The minimum atomic E-state index is 0.0132. The number of halogens is 1. The molecule has 0 spiro atoms. The van der Waals surface area contributed by atoms with Crippen LogP contribution in [-0.4, -0.2) is 7.11 Å². The fraction of sp³-hybridized carbons (Fsp3) is 0.294. The molecule has 0 radical (unpaired) electrons. The van der Waals surface area contributed by atoms with Gasteiger partial charge in [0.1, 0.15) is 5.75 Å². The van der Waals surface area contributed by atoms with Crippen LogP contribution in [0.3, 0.4) is 0 Å². The summed E-state index contributed by atoms with van der Waals surface area (Å²) in [6.07, 6.45) is 1.89. The van der Waals surface area contributed by atoms with Gasteiger partial charge in [0, 0.05) is 0 Å². The van der Waals surface area contributed by atoms with Crippen LogP contribution in [0.1, 0.15) is 29.0 Å². The van der Waals surface area contributed by atoms with Crippen LogP contribution >= 0.6 is 11.6 Å². The summed E-state index contributed by atoms with van der Waals surface area (Å²) in [4.78, 5) is 0. The van der Waals surface area contributed by atoms with Crippen molar-refractivity contribution in [2.45, 2.75) is 25.1 Å². The van der Waals surface area contributed by atoms with Crippen molar-refractivity contribution in [3.63, 3.8) is 0 Å². The molecule has 100 valence electrons. The van der Waals surface area contributed by atoms with E-state index in [1.54, 1.807) is 7.11 Å². The monoisotopic (exact) mass is 274 g/mol. The highest BCUT2D eigenvalue weighted by Gasteiger charge is 2.09. The van der Waals surface area contributed by atoms with E-state index in [4.69, 9.17) is 16.3 Å². The van der Waals surface area contributed by atoms with Crippen LogP contribution in [0.25, 0.3) is 0 Å². The lowest BCUT2D eigenvalue weighted by Gasteiger charge is -2.11. The third-order valence-corrected chi connectivity index (χ3v) is 3.73. The largest absolute Gasteiger partial charge is 0.497 e. The van der Waals surface area contributed by atoms with Crippen LogP contribution in [0.5, 0.6) is 5.75 Å². The van der Waals surface area contributed by atoms with Gasteiger partial charge in [-0.1, -0.05) is 43.3 Å². The molecule has 0 saturated heterocycles. The summed E-state index contributed by atoms with van der Waals surface area (Å²) in [5.41, 5.74) is 3.74. The second kappa shape index (κ2) is 6.63. The number of benzene rings is 2. The Bertz CT molecular complexity index is 502. The minimum absolute atomic E-state index is 0.0132. The SMILES string of the molecule is CCc1ccc(C(Cl)Cc2ccc(OC)cc2)cc1. The first-order valence-electron chi connectivity index (χ1n) is 6.58. The molecule has 2 aromatic carbocycles. The van der Waals surface area contributed by atoms with Gasteiger partial charge >= 0.3 is 0 Å². The molecule has 0 saturated carbocycles. The molecular formula is C17H19ClO. The molecule has 2 heteroatoms. The van der Waals surface area contributed by atoms with Crippen LogP contribution in [0.15, 0.2) is 48.5 Å². The van der Waals surface area contributed by atoms with Gasteiger partial charge in [0.2, 0.25) is 0 Å². The smallest absolute Gasteiger partial charge is 0.118 e. The summed E-state index contributed by atoms with van der Waals surface area (Å²) < 4.78 is 5.15. The Hall–Kier alpha value is -1.47. The molecule has 19 heavy (non-hydrogen) atoms. The summed E-state index contributed by atoms with van der Waals surface area (Å²) in [7, 11) is 1.68. The molecule has 0 bridgehead atoms. The number of hydrogen-bond acceptors (Lipinski definition) is 1. The molecule has 0 aliphatic carbocycles. The van der Waals surface area contributed by atoms with Gasteiger partial charge < -0.3 is 4.74 Å². The molecular weight excluding hydrogens is 256 g/mol. The van der Waals surface area contributed by atoms with E-state index in [9.17, 15) is 0 Å². The quantitative estimate of drug-likeness (QED) is 0.713. The molecule has 2 rings (SSSR count). The Morgan fingerprint density at radius 1 is 0.947 bits per heavy atom. The van der Waals surface area contributed by atoms with Crippen LogP contribution in [0, 0.1) is 0 Å². The minimum Gasteiger partial charge on any atom is -0.497 e. The second-order valence-electron chi connectivity index (χ2n) is 4.61. The lowest BCUT2D eigenvalue weighted by atomic mass is 10.0. The molecule has 0 fully saturated rings. The van der Waals surface area contributed by atoms with Crippen LogP contribution in [0.4, 0.5) is 0 Å². The molecule has 1 nitrogen and oxygen atoms in total. The Labute approximate surface area is 120 Å². The predicted molar refractivity (Wildman–Crippen MR) is 81.1 cm³/mol. The van der Waals surface area contributed by atoms with Crippen molar-refractivity contribution < 1.29 is 4.74 Å². The summed E-state index contributed by atoms with van der Waals surface area (Å²) in [6, 6.07) is 16.6. The molecule has 1 atom stereocenters. The highest BCUT2D eigenvalue weighted by Crippen LogP contribution is 2.26. The Morgan fingerprint density at radius 3 is 2.05 bits per heavy atom. The Morgan fingerprint density at radius 2 is 1.53 bits per heavy atom. The van der Waals surface area contributed by atoms with E-state index in [0.29, 0.717) is 0 Å². The van der Waals surface area contributed by atoms with E-state index < -0.39 is 0 Å². The van der Waals surface area contributed by atoms with Crippen LogP contribution in [0.2, 0.25) is 0 Å². The lowest BCUT2D eigenvalue weighted by Crippen LogP contribution is -1.96. The highest BCUT2D eigenvalue weighted by molar-refractivity contribution is 6.20. The van der Waals surface area contributed by atoms with Crippen molar-refractivity contribution in [2.24, 2.45) is 0 Å². The number of ether oxygens (including phenoxy) is 1. The maximum Gasteiger partial charge on any atom is 0.118 e. The Kier molecular flexibility index (Phi) is 4.86. The van der Waals surface area contributed by atoms with Gasteiger partial charge in [-0.3, -0.25) is 0 Å². The fourth-order valence-corrected chi connectivity index (χ4v) is 2.37. The summed E-state index contributed by atoms with van der Waals surface area (Å²) in [6.45, 7) is 2.16. The molecule has 1 unspecified atom stereocenters. The number of aryl methyl sites for hydroxylation is 1. The number of alkyl halides is 1. The first-order chi connectivity index (χ1) is 9.22. The zero-order valence-corrected chi connectivity index (χ0v) is 12.2. The first kappa shape index (κ1) is 14.0. The zero-order valence-electron chi connectivity index (χ0n) is 11.4. The molecule has 2 aromatic rings. The number of hydrogen-bond donors (Lipinski definition) is 0. The van der Waals surface area contributed by atoms with Crippen molar-refractivity contribution >= 4 is 11.6 Å². The van der Waals surface area contributed by atoms with Gasteiger partial charge in [0.15, 0.2) is 0 Å². The highest BCUT2D eigenvalue weighted by atomic mass is 35.5. The average Bonchev–Trinajstić information content (AvgIpc) is 2.48. The lowest BCUT2D eigenvalue weighted by molar-refractivity contribution is 0.414. The van der Waals surface area contributed by atoms with E-state index in [1.165, 1.54) is 16.7 Å².